The molecule has 2 aromatic heterocycles. The number of pyridine rings is 1. The van der Waals surface area contributed by atoms with Crippen molar-refractivity contribution in [3.05, 3.63) is 112 Å². The number of aryl methyl sites for hydroxylation is 1. The van der Waals surface area contributed by atoms with Gasteiger partial charge in [0.15, 0.2) is 5.82 Å². The number of benzene rings is 3. The summed E-state index contributed by atoms with van der Waals surface area (Å²) in [6.45, 7) is 5.59. The van der Waals surface area contributed by atoms with Crippen LogP contribution in [0.25, 0.3) is 10.9 Å². The van der Waals surface area contributed by atoms with Gasteiger partial charge in [0.25, 0.3) is 5.56 Å². The Hall–Kier alpha value is -4.50. The zero-order valence-electron chi connectivity index (χ0n) is 22.1. The number of aromatic amines is 1. The smallest absolute Gasteiger partial charge is 0.253 e. The number of tetrazole rings is 1. The van der Waals surface area contributed by atoms with Gasteiger partial charge in [-0.2, -0.15) is 0 Å². The molecular weight excluding hydrogens is 490 g/mol. The highest BCUT2D eigenvalue weighted by molar-refractivity contribution is 5.79. The van der Waals surface area contributed by atoms with E-state index in [-0.39, 0.29) is 5.56 Å². The lowest BCUT2D eigenvalue weighted by atomic mass is 10.0. The van der Waals surface area contributed by atoms with Gasteiger partial charge in [0.2, 0.25) is 0 Å². The Morgan fingerprint density at radius 1 is 0.949 bits per heavy atom. The summed E-state index contributed by atoms with van der Waals surface area (Å²) < 4.78 is 7.42. The maximum absolute atomic E-state index is 13.5. The lowest BCUT2D eigenvalue weighted by Crippen LogP contribution is -2.49. The first kappa shape index (κ1) is 24.8. The molecule has 3 aromatic carbocycles. The second-order valence-electron chi connectivity index (χ2n) is 9.92. The summed E-state index contributed by atoms with van der Waals surface area (Å²) >= 11 is 0. The van der Waals surface area contributed by atoms with Crippen molar-refractivity contribution in [2.45, 2.75) is 19.5 Å². The lowest BCUT2D eigenvalue weighted by Gasteiger charge is -2.40. The largest absolute Gasteiger partial charge is 0.495 e. The summed E-state index contributed by atoms with van der Waals surface area (Å²) in [5.74, 6) is 1.51. The van der Waals surface area contributed by atoms with Crippen LogP contribution in [0.1, 0.15) is 28.6 Å². The van der Waals surface area contributed by atoms with Gasteiger partial charge in [0.05, 0.1) is 19.3 Å². The number of hydrogen-bond donors (Lipinski definition) is 1. The van der Waals surface area contributed by atoms with Crippen molar-refractivity contribution in [1.82, 2.24) is 30.1 Å². The number of nitrogens with one attached hydrogen (secondary N) is 1. The van der Waals surface area contributed by atoms with E-state index < -0.39 is 6.04 Å². The van der Waals surface area contributed by atoms with E-state index in [4.69, 9.17) is 4.74 Å². The number of rotatable bonds is 7. The number of methoxy groups -OCH3 is 1. The molecule has 5 aromatic rings. The molecule has 0 bridgehead atoms. The molecule has 1 aliphatic heterocycles. The predicted octanol–water partition coefficient (Wildman–Crippen LogP) is 3.79. The van der Waals surface area contributed by atoms with E-state index in [2.05, 4.69) is 61.5 Å². The summed E-state index contributed by atoms with van der Waals surface area (Å²) in [6.07, 6.45) is 0. The molecule has 1 fully saturated rings. The summed E-state index contributed by atoms with van der Waals surface area (Å²) in [4.78, 5) is 21.3. The summed E-state index contributed by atoms with van der Waals surface area (Å²) in [7, 11) is 1.70. The average Bonchev–Trinajstić information content (AvgIpc) is 3.42. The highest BCUT2D eigenvalue weighted by Crippen LogP contribution is 2.32. The molecule has 1 saturated heterocycles. The van der Waals surface area contributed by atoms with E-state index >= 15 is 0 Å². The second kappa shape index (κ2) is 10.7. The quantitative estimate of drug-likeness (QED) is 0.348. The standard InChI is InChI=1S/C30H31N7O2/c1-21-12-13-25-23(18-21)19-24(30(38)31-25)28(29-32-33-34-37(29)20-22-8-4-3-5-9-22)36-16-14-35(15-17-36)26-10-6-7-11-27(26)39-2/h3-13,18-19,28H,14-17,20H2,1-2H3,(H,31,38)/t28-/m1/s1. The van der Waals surface area contributed by atoms with Gasteiger partial charge >= 0.3 is 0 Å². The van der Waals surface area contributed by atoms with E-state index in [0.29, 0.717) is 17.9 Å². The van der Waals surface area contributed by atoms with Crippen LogP contribution in [0.5, 0.6) is 5.75 Å². The van der Waals surface area contributed by atoms with Crippen LogP contribution < -0.4 is 15.2 Å². The molecule has 0 aliphatic carbocycles. The van der Waals surface area contributed by atoms with Gasteiger partial charge in [0.1, 0.15) is 11.8 Å². The van der Waals surface area contributed by atoms with Crippen LogP contribution in [0.2, 0.25) is 0 Å². The number of hydrogen-bond acceptors (Lipinski definition) is 7. The first-order chi connectivity index (χ1) is 19.1. The van der Waals surface area contributed by atoms with Crippen LogP contribution in [-0.4, -0.2) is 63.4 Å². The summed E-state index contributed by atoms with van der Waals surface area (Å²) in [6, 6.07) is 25.8. The number of nitrogens with zero attached hydrogens (tertiary/aromatic N) is 6. The van der Waals surface area contributed by atoms with Gasteiger partial charge in [0, 0.05) is 37.3 Å². The molecule has 39 heavy (non-hydrogen) atoms. The lowest BCUT2D eigenvalue weighted by molar-refractivity contribution is 0.200. The minimum atomic E-state index is -0.405. The molecule has 3 heterocycles. The molecule has 9 heteroatoms. The van der Waals surface area contributed by atoms with Crippen molar-refractivity contribution in [2.75, 3.05) is 38.2 Å². The molecule has 9 nitrogen and oxygen atoms in total. The van der Waals surface area contributed by atoms with Crippen molar-refractivity contribution >= 4 is 16.6 Å². The van der Waals surface area contributed by atoms with E-state index in [9.17, 15) is 4.79 Å². The molecule has 1 N–H and O–H groups in total. The van der Waals surface area contributed by atoms with Crippen LogP contribution >= 0.6 is 0 Å². The maximum Gasteiger partial charge on any atom is 0.253 e. The van der Waals surface area contributed by atoms with Gasteiger partial charge in [-0.15, -0.1) is 5.10 Å². The Morgan fingerprint density at radius 3 is 2.51 bits per heavy atom. The number of piperazine rings is 1. The van der Waals surface area contributed by atoms with E-state index in [1.807, 2.05) is 59.3 Å². The van der Waals surface area contributed by atoms with E-state index in [0.717, 1.165) is 59.6 Å². The molecular formula is C30H31N7O2. The van der Waals surface area contributed by atoms with E-state index in [1.165, 1.54) is 0 Å². The van der Waals surface area contributed by atoms with Crippen molar-refractivity contribution in [3.63, 3.8) is 0 Å². The minimum absolute atomic E-state index is 0.127. The van der Waals surface area contributed by atoms with Gasteiger partial charge < -0.3 is 14.6 Å². The Kier molecular flexibility index (Phi) is 6.81. The SMILES string of the molecule is COc1ccccc1N1CCN([C@H](c2cc3cc(C)ccc3[nH]c2=O)c2nnnn2Cc2ccccc2)CC1. The molecule has 0 spiro atoms. The van der Waals surface area contributed by atoms with Gasteiger partial charge in [-0.3, -0.25) is 9.69 Å². The van der Waals surface area contributed by atoms with Crippen LogP contribution in [0.4, 0.5) is 5.69 Å². The molecule has 0 amide bonds. The Labute approximate surface area is 226 Å². The fourth-order valence-electron chi connectivity index (χ4n) is 5.43. The average molecular weight is 522 g/mol. The Morgan fingerprint density at radius 2 is 1.72 bits per heavy atom. The van der Waals surface area contributed by atoms with Crippen molar-refractivity contribution in [2.24, 2.45) is 0 Å². The Bertz CT molecular complexity index is 1640. The fraction of sp³-hybridized carbons (Fsp3) is 0.267. The van der Waals surface area contributed by atoms with Crippen LogP contribution in [0.15, 0.2) is 83.7 Å². The second-order valence-corrected chi connectivity index (χ2v) is 9.92. The number of H-pyrrole nitrogens is 1. The van der Waals surface area contributed by atoms with Crippen molar-refractivity contribution < 1.29 is 4.74 Å². The first-order valence-corrected chi connectivity index (χ1v) is 13.2. The Balaban J connectivity index is 1.39. The zero-order valence-corrected chi connectivity index (χ0v) is 22.1. The van der Waals surface area contributed by atoms with Crippen LogP contribution in [-0.2, 0) is 6.54 Å². The van der Waals surface area contributed by atoms with E-state index in [1.54, 1.807) is 7.11 Å². The topological polar surface area (TPSA) is 92.2 Å². The molecule has 0 unspecified atom stereocenters. The molecule has 6 rings (SSSR count). The summed E-state index contributed by atoms with van der Waals surface area (Å²) in [5, 5.41) is 13.9. The number of fused-ring (bicyclic) bond motifs is 1. The third-order valence-corrected chi connectivity index (χ3v) is 7.41. The number of para-hydroxylation sites is 2. The zero-order chi connectivity index (χ0) is 26.8. The van der Waals surface area contributed by atoms with Crippen molar-refractivity contribution in [3.8, 4) is 5.75 Å². The van der Waals surface area contributed by atoms with Gasteiger partial charge in [-0.05, 0) is 58.6 Å². The molecule has 1 aliphatic rings. The van der Waals surface area contributed by atoms with Crippen LogP contribution in [0, 0.1) is 6.92 Å². The summed E-state index contributed by atoms with van der Waals surface area (Å²) in [5.41, 5.74) is 4.63. The van der Waals surface area contributed by atoms with Gasteiger partial charge in [-0.1, -0.05) is 54.1 Å². The third-order valence-electron chi connectivity index (χ3n) is 7.41. The highest BCUT2D eigenvalue weighted by atomic mass is 16.5. The molecule has 1 atom stereocenters. The monoisotopic (exact) mass is 521 g/mol. The van der Waals surface area contributed by atoms with Gasteiger partial charge in [-0.25, -0.2) is 4.68 Å². The first-order valence-electron chi connectivity index (χ1n) is 13.2. The highest BCUT2D eigenvalue weighted by Gasteiger charge is 2.33. The fourth-order valence-corrected chi connectivity index (χ4v) is 5.43. The molecule has 198 valence electrons. The van der Waals surface area contributed by atoms with Crippen LogP contribution in [0.3, 0.4) is 0 Å². The normalized spacial score (nSPS) is 15.0. The third kappa shape index (κ3) is 5.00. The predicted molar refractivity (Wildman–Crippen MR) is 151 cm³/mol. The molecule has 0 saturated carbocycles. The number of aromatic nitrogens is 5. The number of ether oxygens (including phenoxy) is 1. The minimum Gasteiger partial charge on any atom is -0.495 e. The number of anilines is 1. The maximum atomic E-state index is 13.5. The molecule has 0 radical (unpaired) electrons. The van der Waals surface area contributed by atoms with Crippen molar-refractivity contribution in [1.29, 1.82) is 0 Å².